The zero-order valence-corrected chi connectivity index (χ0v) is 20.0. The van der Waals surface area contributed by atoms with Crippen molar-refractivity contribution in [3.8, 4) is 0 Å². The number of allylic oxidation sites excluding steroid dienone is 1. The number of rotatable bonds is 9. The highest BCUT2D eigenvalue weighted by molar-refractivity contribution is 5.77. The standard InChI is InChI=1S/C27H36N6/c1-5-23-17-26(32-23)21-6-7-25(28-4)22(15-21)14-18(2)31-19(3)20-8-13-30-27(16-20)33-24-9-11-29-12-10-24/h6-8,13-17,23-24,28-29,31-32H,3,5,9-12H2,1-2,4H3,(H,30,33)/b18-14+. The number of nitrogens with one attached hydrogen (secondary N) is 5. The molecular weight excluding hydrogens is 408 g/mol. The summed E-state index contributed by atoms with van der Waals surface area (Å²) in [5, 5.41) is 17.3. The third-order valence-electron chi connectivity index (χ3n) is 6.30. The van der Waals surface area contributed by atoms with Gasteiger partial charge in [0.1, 0.15) is 5.82 Å². The normalized spacial score (nSPS) is 18.6. The second-order valence-electron chi connectivity index (χ2n) is 8.82. The number of pyridine rings is 1. The average molecular weight is 445 g/mol. The molecule has 33 heavy (non-hydrogen) atoms. The molecule has 0 spiro atoms. The fourth-order valence-electron chi connectivity index (χ4n) is 4.32. The Labute approximate surface area is 197 Å². The molecule has 1 saturated heterocycles. The van der Waals surface area contributed by atoms with Crippen LogP contribution in [0.2, 0.25) is 0 Å². The van der Waals surface area contributed by atoms with Crippen molar-refractivity contribution in [1.29, 1.82) is 0 Å². The lowest BCUT2D eigenvalue weighted by atomic mass is 9.98. The molecule has 6 heteroatoms. The van der Waals surface area contributed by atoms with Crippen LogP contribution < -0.4 is 26.6 Å². The topological polar surface area (TPSA) is 73.0 Å². The minimum absolute atomic E-state index is 0.469. The van der Waals surface area contributed by atoms with Gasteiger partial charge in [-0.15, -0.1) is 0 Å². The molecule has 174 valence electrons. The zero-order valence-electron chi connectivity index (χ0n) is 20.0. The Morgan fingerprint density at radius 3 is 2.73 bits per heavy atom. The Morgan fingerprint density at radius 1 is 1.21 bits per heavy atom. The fraction of sp³-hybridized carbons (Fsp3) is 0.370. The maximum Gasteiger partial charge on any atom is 0.126 e. The van der Waals surface area contributed by atoms with Crippen LogP contribution in [0, 0.1) is 0 Å². The minimum Gasteiger partial charge on any atom is -0.388 e. The van der Waals surface area contributed by atoms with E-state index in [0.29, 0.717) is 12.1 Å². The first kappa shape index (κ1) is 22.9. The molecule has 6 nitrogen and oxygen atoms in total. The van der Waals surface area contributed by atoms with Crippen LogP contribution in [0.5, 0.6) is 0 Å². The smallest absolute Gasteiger partial charge is 0.126 e. The van der Waals surface area contributed by atoms with E-state index in [4.69, 9.17) is 0 Å². The second kappa shape index (κ2) is 10.6. The van der Waals surface area contributed by atoms with Crippen molar-refractivity contribution in [1.82, 2.24) is 20.9 Å². The van der Waals surface area contributed by atoms with Gasteiger partial charge in [0.2, 0.25) is 0 Å². The molecule has 1 unspecified atom stereocenters. The van der Waals surface area contributed by atoms with E-state index in [1.807, 2.05) is 19.3 Å². The number of nitrogens with zero attached hydrogens (tertiary/aromatic N) is 1. The van der Waals surface area contributed by atoms with E-state index < -0.39 is 0 Å². The van der Waals surface area contributed by atoms with Gasteiger partial charge in [-0.25, -0.2) is 4.98 Å². The van der Waals surface area contributed by atoms with Crippen LogP contribution in [-0.2, 0) is 0 Å². The summed E-state index contributed by atoms with van der Waals surface area (Å²) >= 11 is 0. The molecule has 1 aromatic heterocycles. The van der Waals surface area contributed by atoms with Crippen LogP contribution in [0.4, 0.5) is 11.5 Å². The molecule has 1 atom stereocenters. The molecule has 2 aromatic rings. The molecule has 5 N–H and O–H groups in total. The van der Waals surface area contributed by atoms with Gasteiger partial charge in [0.25, 0.3) is 0 Å². The van der Waals surface area contributed by atoms with Crippen molar-refractivity contribution in [2.75, 3.05) is 30.8 Å². The molecular formula is C27H36N6. The van der Waals surface area contributed by atoms with Gasteiger partial charge in [-0.2, -0.15) is 0 Å². The van der Waals surface area contributed by atoms with E-state index in [1.165, 1.54) is 11.3 Å². The summed E-state index contributed by atoms with van der Waals surface area (Å²) in [7, 11) is 1.95. The van der Waals surface area contributed by atoms with Gasteiger partial charge in [-0.3, -0.25) is 0 Å². The summed E-state index contributed by atoms with van der Waals surface area (Å²) in [4.78, 5) is 4.50. The number of aromatic nitrogens is 1. The molecule has 0 aliphatic carbocycles. The van der Waals surface area contributed by atoms with Crippen LogP contribution in [0.1, 0.15) is 49.8 Å². The molecule has 0 radical (unpaired) electrons. The minimum atomic E-state index is 0.469. The fourth-order valence-corrected chi connectivity index (χ4v) is 4.32. The van der Waals surface area contributed by atoms with Crippen molar-refractivity contribution >= 4 is 29.0 Å². The van der Waals surface area contributed by atoms with Crippen LogP contribution in [0.3, 0.4) is 0 Å². The summed E-state index contributed by atoms with van der Waals surface area (Å²) in [6.45, 7) is 10.6. The van der Waals surface area contributed by atoms with Gasteiger partial charge in [0.15, 0.2) is 0 Å². The largest absolute Gasteiger partial charge is 0.388 e. The first-order valence-corrected chi connectivity index (χ1v) is 11.9. The molecule has 1 fully saturated rings. The Morgan fingerprint density at radius 2 is 2.00 bits per heavy atom. The van der Waals surface area contributed by atoms with Gasteiger partial charge in [-0.1, -0.05) is 19.6 Å². The Balaban J connectivity index is 1.45. The van der Waals surface area contributed by atoms with E-state index >= 15 is 0 Å². The third-order valence-corrected chi connectivity index (χ3v) is 6.30. The van der Waals surface area contributed by atoms with Crippen molar-refractivity contribution in [3.63, 3.8) is 0 Å². The summed E-state index contributed by atoms with van der Waals surface area (Å²) in [6.07, 6.45) is 9.65. The van der Waals surface area contributed by atoms with E-state index in [1.54, 1.807) is 0 Å². The maximum absolute atomic E-state index is 4.50. The molecule has 3 heterocycles. The Bertz CT molecular complexity index is 1050. The molecule has 0 amide bonds. The molecule has 2 aliphatic rings. The summed E-state index contributed by atoms with van der Waals surface area (Å²) in [5.41, 5.74) is 7.56. The van der Waals surface area contributed by atoms with Crippen molar-refractivity contribution in [2.24, 2.45) is 0 Å². The molecule has 0 saturated carbocycles. The second-order valence-corrected chi connectivity index (χ2v) is 8.82. The highest BCUT2D eigenvalue weighted by Crippen LogP contribution is 2.27. The highest BCUT2D eigenvalue weighted by Gasteiger charge is 2.18. The van der Waals surface area contributed by atoms with E-state index in [0.717, 1.165) is 66.4 Å². The first-order chi connectivity index (χ1) is 16.1. The zero-order chi connectivity index (χ0) is 23.2. The van der Waals surface area contributed by atoms with Crippen molar-refractivity contribution in [3.05, 3.63) is 71.6 Å². The third kappa shape index (κ3) is 5.76. The van der Waals surface area contributed by atoms with Crippen LogP contribution >= 0.6 is 0 Å². The summed E-state index contributed by atoms with van der Waals surface area (Å²) < 4.78 is 0. The Hall–Kier alpha value is -3.25. The summed E-state index contributed by atoms with van der Waals surface area (Å²) in [5.74, 6) is 0.904. The van der Waals surface area contributed by atoms with Gasteiger partial charge in [-0.05, 0) is 86.8 Å². The Kier molecular flexibility index (Phi) is 7.35. The lowest BCUT2D eigenvalue weighted by Crippen LogP contribution is -2.35. The SMILES string of the molecule is C=C(N/C(C)=C/c1cc(C2=CC(CC)N2)ccc1NC)c1ccnc(NC2CCNCC2)c1. The monoisotopic (exact) mass is 444 g/mol. The van der Waals surface area contributed by atoms with Gasteiger partial charge < -0.3 is 26.6 Å². The summed E-state index contributed by atoms with van der Waals surface area (Å²) in [6, 6.07) is 11.5. The highest BCUT2D eigenvalue weighted by atomic mass is 15.0. The van der Waals surface area contributed by atoms with Crippen LogP contribution in [0.25, 0.3) is 17.5 Å². The lowest BCUT2D eigenvalue weighted by molar-refractivity contribution is 0.478. The quantitative estimate of drug-likeness (QED) is 0.388. The van der Waals surface area contributed by atoms with E-state index in [-0.39, 0.29) is 0 Å². The van der Waals surface area contributed by atoms with Crippen molar-refractivity contribution < 1.29 is 0 Å². The lowest BCUT2D eigenvalue weighted by Gasteiger charge is -2.28. The molecule has 4 rings (SSSR count). The number of hydrogen-bond donors (Lipinski definition) is 5. The predicted molar refractivity (Wildman–Crippen MR) is 141 cm³/mol. The molecule has 2 aliphatic heterocycles. The number of anilines is 2. The first-order valence-electron chi connectivity index (χ1n) is 11.9. The number of piperidine rings is 1. The van der Waals surface area contributed by atoms with Gasteiger partial charge >= 0.3 is 0 Å². The van der Waals surface area contributed by atoms with Gasteiger partial charge in [0.05, 0.1) is 0 Å². The molecule has 1 aromatic carbocycles. The van der Waals surface area contributed by atoms with Gasteiger partial charge in [0, 0.05) is 53.7 Å². The number of hydrogen-bond acceptors (Lipinski definition) is 6. The van der Waals surface area contributed by atoms with E-state index in [2.05, 4.69) is 88.4 Å². The number of benzene rings is 1. The average Bonchev–Trinajstić information content (AvgIpc) is 2.79. The van der Waals surface area contributed by atoms with E-state index in [9.17, 15) is 0 Å². The maximum atomic E-state index is 4.50. The van der Waals surface area contributed by atoms with Crippen LogP contribution in [0.15, 0.2) is 54.9 Å². The van der Waals surface area contributed by atoms with Crippen molar-refractivity contribution in [2.45, 2.75) is 45.2 Å². The predicted octanol–water partition coefficient (Wildman–Crippen LogP) is 4.63. The van der Waals surface area contributed by atoms with Crippen LogP contribution in [-0.4, -0.2) is 37.2 Å². The molecule has 0 bridgehead atoms.